The maximum absolute atomic E-state index is 13.3. The minimum Gasteiger partial charge on any atom is -0.445 e. The number of oxazole rings is 1. The summed E-state index contributed by atoms with van der Waals surface area (Å²) in [5.41, 5.74) is 3.51. The molecule has 0 saturated heterocycles. The summed E-state index contributed by atoms with van der Waals surface area (Å²) in [5.74, 6) is 1.61. The van der Waals surface area contributed by atoms with Gasteiger partial charge in [0.05, 0.1) is 17.8 Å². The first-order valence-electron chi connectivity index (χ1n) is 10.0. The van der Waals surface area contributed by atoms with E-state index in [4.69, 9.17) is 4.42 Å². The van der Waals surface area contributed by atoms with Gasteiger partial charge in [-0.05, 0) is 24.1 Å². The number of aromatic nitrogens is 4. The molecule has 2 aromatic heterocycles. The van der Waals surface area contributed by atoms with Crippen LogP contribution < -0.4 is 0 Å². The van der Waals surface area contributed by atoms with Gasteiger partial charge in [-0.25, -0.2) is 4.98 Å². The predicted octanol–water partition coefficient (Wildman–Crippen LogP) is 3.24. The minimum absolute atomic E-state index is 0.0289. The van der Waals surface area contributed by atoms with Crippen LogP contribution in [0.15, 0.2) is 71.7 Å². The molecule has 5 rings (SSSR count). The third-order valence-corrected chi connectivity index (χ3v) is 5.36. The summed E-state index contributed by atoms with van der Waals surface area (Å²) >= 11 is 0. The summed E-state index contributed by atoms with van der Waals surface area (Å²) in [6, 6.07) is 17.8. The topological polar surface area (TPSA) is 77.0 Å². The van der Waals surface area contributed by atoms with E-state index in [0.29, 0.717) is 25.1 Å². The van der Waals surface area contributed by atoms with Gasteiger partial charge in [-0.3, -0.25) is 9.36 Å². The van der Waals surface area contributed by atoms with E-state index in [2.05, 4.69) is 27.3 Å². The molecule has 150 valence electrons. The Morgan fingerprint density at radius 1 is 0.967 bits per heavy atom. The molecule has 0 atom stereocenters. The monoisotopic (exact) mass is 399 g/mol. The molecule has 0 bridgehead atoms. The molecule has 0 saturated carbocycles. The van der Waals surface area contributed by atoms with E-state index in [-0.39, 0.29) is 5.91 Å². The van der Waals surface area contributed by atoms with Gasteiger partial charge >= 0.3 is 0 Å². The van der Waals surface area contributed by atoms with Crippen molar-refractivity contribution in [2.24, 2.45) is 0 Å². The lowest BCUT2D eigenvalue weighted by atomic mass is 10.1. The third kappa shape index (κ3) is 3.61. The standard InChI is InChI=1S/C23H21N5O2/c29-23(18-8-4-5-9-20(18)28-15-24-25-16-28)27-13-12-21-19(14-27)26-22(30-21)11-10-17-6-2-1-3-7-17/h1-9,15-16H,10-14H2. The maximum atomic E-state index is 13.3. The van der Waals surface area contributed by atoms with Gasteiger partial charge in [0.25, 0.3) is 5.91 Å². The molecule has 0 aliphatic carbocycles. The van der Waals surface area contributed by atoms with E-state index in [1.807, 2.05) is 47.4 Å². The molecule has 7 nitrogen and oxygen atoms in total. The summed E-state index contributed by atoms with van der Waals surface area (Å²) < 4.78 is 7.72. The number of para-hydroxylation sites is 1. The number of aryl methyl sites for hydroxylation is 2. The molecule has 1 aliphatic rings. The first-order chi connectivity index (χ1) is 14.8. The average Bonchev–Trinajstić information content (AvgIpc) is 3.47. The first kappa shape index (κ1) is 18.3. The molecule has 0 N–H and O–H groups in total. The minimum atomic E-state index is -0.0289. The second-order valence-electron chi connectivity index (χ2n) is 7.33. The fourth-order valence-electron chi connectivity index (χ4n) is 3.80. The van der Waals surface area contributed by atoms with Crippen LogP contribution >= 0.6 is 0 Å². The average molecular weight is 399 g/mol. The van der Waals surface area contributed by atoms with Crippen molar-refractivity contribution in [2.75, 3.05) is 6.54 Å². The number of nitrogens with zero attached hydrogens (tertiary/aromatic N) is 5. The quantitative estimate of drug-likeness (QED) is 0.515. The molecule has 0 fully saturated rings. The maximum Gasteiger partial charge on any atom is 0.256 e. The van der Waals surface area contributed by atoms with Crippen LogP contribution in [-0.4, -0.2) is 37.1 Å². The molecular formula is C23H21N5O2. The zero-order valence-electron chi connectivity index (χ0n) is 16.4. The summed E-state index contributed by atoms with van der Waals surface area (Å²) in [5, 5.41) is 7.70. The molecule has 30 heavy (non-hydrogen) atoms. The molecule has 1 amide bonds. The molecule has 4 aromatic rings. The molecular weight excluding hydrogens is 378 g/mol. The largest absolute Gasteiger partial charge is 0.445 e. The fraction of sp³-hybridized carbons (Fsp3) is 0.217. The van der Waals surface area contributed by atoms with E-state index >= 15 is 0 Å². The zero-order chi connectivity index (χ0) is 20.3. The Balaban J connectivity index is 1.32. The van der Waals surface area contributed by atoms with Gasteiger partial charge in [-0.2, -0.15) is 0 Å². The van der Waals surface area contributed by atoms with Crippen LogP contribution in [0.2, 0.25) is 0 Å². The number of carbonyl (C=O) groups is 1. The van der Waals surface area contributed by atoms with Crippen LogP contribution in [0, 0.1) is 0 Å². The molecule has 0 radical (unpaired) electrons. The second-order valence-corrected chi connectivity index (χ2v) is 7.33. The van der Waals surface area contributed by atoms with Crippen molar-refractivity contribution < 1.29 is 9.21 Å². The van der Waals surface area contributed by atoms with Crippen LogP contribution in [0.1, 0.15) is 33.3 Å². The Morgan fingerprint density at radius 2 is 1.73 bits per heavy atom. The zero-order valence-corrected chi connectivity index (χ0v) is 16.4. The van der Waals surface area contributed by atoms with Crippen LogP contribution in [0.5, 0.6) is 0 Å². The Morgan fingerprint density at radius 3 is 2.57 bits per heavy atom. The normalized spacial score (nSPS) is 13.3. The molecule has 0 spiro atoms. The van der Waals surface area contributed by atoms with Crippen molar-refractivity contribution in [3.63, 3.8) is 0 Å². The number of benzene rings is 2. The Kier molecular flexibility index (Phi) is 4.85. The van der Waals surface area contributed by atoms with Gasteiger partial charge < -0.3 is 9.32 Å². The summed E-state index contributed by atoms with van der Waals surface area (Å²) in [4.78, 5) is 19.8. The van der Waals surface area contributed by atoms with Crippen molar-refractivity contribution in [2.45, 2.75) is 25.8 Å². The smallest absolute Gasteiger partial charge is 0.256 e. The van der Waals surface area contributed by atoms with Gasteiger partial charge in [0.1, 0.15) is 24.1 Å². The highest BCUT2D eigenvalue weighted by molar-refractivity contribution is 5.97. The Bertz CT molecular complexity index is 1150. The Labute approximate surface area is 174 Å². The van der Waals surface area contributed by atoms with E-state index in [9.17, 15) is 4.79 Å². The van der Waals surface area contributed by atoms with Gasteiger partial charge in [0.2, 0.25) is 0 Å². The van der Waals surface area contributed by atoms with Crippen LogP contribution in [0.4, 0.5) is 0 Å². The van der Waals surface area contributed by atoms with Crippen LogP contribution in [0.25, 0.3) is 5.69 Å². The van der Waals surface area contributed by atoms with Crippen LogP contribution in [-0.2, 0) is 25.8 Å². The second kappa shape index (κ2) is 7.94. The highest BCUT2D eigenvalue weighted by Crippen LogP contribution is 2.24. The van der Waals surface area contributed by atoms with Crippen molar-refractivity contribution in [1.29, 1.82) is 0 Å². The summed E-state index contributed by atoms with van der Waals surface area (Å²) in [7, 11) is 0. The van der Waals surface area contributed by atoms with Crippen molar-refractivity contribution in [3.8, 4) is 5.69 Å². The summed E-state index contributed by atoms with van der Waals surface area (Å²) in [6.07, 6.45) is 5.50. The van der Waals surface area contributed by atoms with Gasteiger partial charge in [0.15, 0.2) is 5.89 Å². The molecule has 1 aliphatic heterocycles. The first-order valence-corrected chi connectivity index (χ1v) is 10.0. The van der Waals surface area contributed by atoms with E-state index in [1.165, 1.54) is 5.56 Å². The number of hydrogen-bond acceptors (Lipinski definition) is 5. The SMILES string of the molecule is O=C(c1ccccc1-n1cnnc1)N1CCc2oc(CCc3ccccc3)nc2C1. The third-order valence-electron chi connectivity index (χ3n) is 5.36. The van der Waals surface area contributed by atoms with Crippen molar-refractivity contribution in [3.05, 3.63) is 95.7 Å². The number of hydrogen-bond donors (Lipinski definition) is 0. The van der Waals surface area contributed by atoms with Gasteiger partial charge in [-0.1, -0.05) is 42.5 Å². The number of amides is 1. The molecule has 7 heteroatoms. The molecule has 0 unspecified atom stereocenters. The summed E-state index contributed by atoms with van der Waals surface area (Å²) in [6.45, 7) is 1.06. The predicted molar refractivity (Wildman–Crippen MR) is 110 cm³/mol. The van der Waals surface area contributed by atoms with Crippen LogP contribution in [0.3, 0.4) is 0 Å². The number of carbonyl (C=O) groups excluding carboxylic acids is 1. The van der Waals surface area contributed by atoms with E-state index in [0.717, 1.165) is 35.9 Å². The lowest BCUT2D eigenvalue weighted by Gasteiger charge is -2.26. The molecule has 3 heterocycles. The van der Waals surface area contributed by atoms with Crippen molar-refractivity contribution >= 4 is 5.91 Å². The van der Waals surface area contributed by atoms with Gasteiger partial charge in [0, 0.05) is 19.4 Å². The van der Waals surface area contributed by atoms with Gasteiger partial charge in [-0.15, -0.1) is 10.2 Å². The lowest BCUT2D eigenvalue weighted by Crippen LogP contribution is -2.36. The fourth-order valence-corrected chi connectivity index (χ4v) is 3.80. The lowest BCUT2D eigenvalue weighted by molar-refractivity contribution is 0.0728. The van der Waals surface area contributed by atoms with E-state index < -0.39 is 0 Å². The number of fused-ring (bicyclic) bond motifs is 1. The highest BCUT2D eigenvalue weighted by atomic mass is 16.4. The highest BCUT2D eigenvalue weighted by Gasteiger charge is 2.27. The van der Waals surface area contributed by atoms with E-state index in [1.54, 1.807) is 17.2 Å². The number of rotatable bonds is 5. The van der Waals surface area contributed by atoms with Crippen molar-refractivity contribution in [1.82, 2.24) is 24.6 Å². The molecule has 2 aromatic carbocycles. The Hall–Kier alpha value is -3.74.